The first-order chi connectivity index (χ1) is 17.2. The molecule has 7 nitrogen and oxygen atoms in total. The van der Waals surface area contributed by atoms with Crippen molar-refractivity contribution in [2.45, 2.75) is 55.2 Å². The van der Waals surface area contributed by atoms with Crippen molar-refractivity contribution < 1.29 is 24.2 Å². The molecule has 1 aromatic rings. The summed E-state index contributed by atoms with van der Waals surface area (Å²) in [5, 5.41) is 10.7. The number of thioether (sulfide) groups is 1. The fraction of sp³-hybridized carbons (Fsp3) is 0.519. The Hall–Kier alpha value is -2.29. The number of rotatable bonds is 4. The number of amides is 2. The predicted molar refractivity (Wildman–Crippen MR) is 140 cm³/mol. The van der Waals surface area contributed by atoms with Gasteiger partial charge in [-0.15, -0.1) is 11.8 Å². The Morgan fingerprint density at radius 1 is 1.19 bits per heavy atom. The number of para-hydroxylation sites is 1. The van der Waals surface area contributed by atoms with E-state index in [1.807, 2.05) is 57.2 Å². The molecule has 1 unspecified atom stereocenters. The Kier molecular flexibility index (Phi) is 6.50. The van der Waals surface area contributed by atoms with E-state index in [1.54, 1.807) is 15.9 Å². The summed E-state index contributed by atoms with van der Waals surface area (Å²) in [6.07, 6.45) is 8.94. The minimum Gasteiger partial charge on any atom is -0.465 e. The van der Waals surface area contributed by atoms with E-state index < -0.39 is 39.4 Å². The Morgan fingerprint density at radius 2 is 1.97 bits per heavy atom. The van der Waals surface area contributed by atoms with Crippen molar-refractivity contribution in [2.24, 2.45) is 11.8 Å². The monoisotopic (exact) mass is 530 g/mol. The average molecular weight is 531 g/mol. The fourth-order valence-electron chi connectivity index (χ4n) is 6.40. The lowest BCUT2D eigenvalue weighted by Gasteiger charge is -2.40. The highest BCUT2D eigenvalue weighted by atomic mass is 35.5. The maximum Gasteiger partial charge on any atom is 0.311 e. The molecule has 0 saturated carbocycles. The topological polar surface area (TPSA) is 87.2 Å². The summed E-state index contributed by atoms with van der Waals surface area (Å²) in [6, 6.07) is 4.02. The zero-order valence-electron chi connectivity index (χ0n) is 20.6. The number of aliphatic hydroxyl groups is 1. The number of fused-ring (bicyclic) bond motifs is 2. The highest BCUT2D eigenvalue weighted by molar-refractivity contribution is 8.02. The minimum absolute atomic E-state index is 0.260. The smallest absolute Gasteiger partial charge is 0.311 e. The molecule has 2 amide bonds. The molecular weight excluding hydrogens is 500 g/mol. The van der Waals surface area contributed by atoms with Crippen LogP contribution < -0.4 is 4.90 Å². The SMILES string of the molecule is CC[C@@H](CO)N1C(=O)[C@@H]2[C@@H]3C(=O)OCCC=C[C@]3(C)S[C@@]23C=CCN(c2c(C)cccc2Cl)C(=O)C13. The highest BCUT2D eigenvalue weighted by Gasteiger charge is 2.74. The molecule has 4 heterocycles. The predicted octanol–water partition coefficient (Wildman–Crippen LogP) is 3.51. The Morgan fingerprint density at radius 3 is 2.67 bits per heavy atom. The molecule has 0 bridgehead atoms. The molecule has 1 aromatic carbocycles. The van der Waals surface area contributed by atoms with Crippen LogP contribution in [0.2, 0.25) is 5.02 Å². The number of nitrogens with zero attached hydrogens (tertiary/aromatic N) is 2. The first kappa shape index (κ1) is 25.4. The Labute approximate surface area is 220 Å². The van der Waals surface area contributed by atoms with Gasteiger partial charge in [-0.3, -0.25) is 14.4 Å². The van der Waals surface area contributed by atoms with Crippen molar-refractivity contribution in [1.29, 1.82) is 0 Å². The molecule has 1 spiro atoms. The standard InChI is InChI=1S/C27H31ClN2O5S/c1-4-17(15-31)30-22-24(33)29(21-16(2)9-7-10-18(21)28)13-8-12-27(22)19(23(30)32)20-25(34)35-14-6-5-11-26(20,3)36-27/h5,7-12,17,19-20,22,31H,4,6,13-15H2,1-3H3/t17-,19-,20+,22?,26-,27-/m0/s1. The minimum atomic E-state index is -0.992. The number of benzene rings is 1. The van der Waals surface area contributed by atoms with Gasteiger partial charge in [-0.2, -0.15) is 0 Å². The summed E-state index contributed by atoms with van der Waals surface area (Å²) in [4.78, 5) is 45.2. The van der Waals surface area contributed by atoms with Gasteiger partial charge in [0.2, 0.25) is 5.91 Å². The zero-order chi connectivity index (χ0) is 25.8. The maximum absolute atomic E-state index is 14.5. The summed E-state index contributed by atoms with van der Waals surface area (Å²) in [7, 11) is 0. The molecule has 5 rings (SSSR count). The molecule has 36 heavy (non-hydrogen) atoms. The molecule has 2 fully saturated rings. The van der Waals surface area contributed by atoms with Crippen molar-refractivity contribution in [3.63, 3.8) is 0 Å². The van der Waals surface area contributed by atoms with Crippen LogP contribution in [0.3, 0.4) is 0 Å². The number of cyclic esters (lactones) is 1. The second-order valence-electron chi connectivity index (χ2n) is 10.1. The van der Waals surface area contributed by atoms with Gasteiger partial charge in [0.25, 0.3) is 5.91 Å². The number of hydrogen-bond donors (Lipinski definition) is 1. The van der Waals surface area contributed by atoms with E-state index in [4.69, 9.17) is 16.3 Å². The number of halogens is 1. The van der Waals surface area contributed by atoms with Gasteiger partial charge in [-0.1, -0.05) is 55.0 Å². The lowest BCUT2D eigenvalue weighted by Crippen LogP contribution is -2.57. The van der Waals surface area contributed by atoms with E-state index in [9.17, 15) is 19.5 Å². The highest BCUT2D eigenvalue weighted by Crippen LogP contribution is 2.65. The maximum atomic E-state index is 14.5. The number of likely N-dealkylation sites (tertiary alicyclic amines) is 1. The summed E-state index contributed by atoms with van der Waals surface area (Å²) in [5.74, 6) is -2.50. The van der Waals surface area contributed by atoms with Gasteiger partial charge < -0.3 is 19.6 Å². The van der Waals surface area contributed by atoms with Crippen molar-refractivity contribution in [2.75, 3.05) is 24.7 Å². The number of carbonyl (C=O) groups is 3. The van der Waals surface area contributed by atoms with Crippen LogP contribution in [0.5, 0.6) is 0 Å². The van der Waals surface area contributed by atoms with E-state index in [-0.39, 0.29) is 31.6 Å². The number of esters is 1. The number of hydrogen-bond acceptors (Lipinski definition) is 6. The van der Waals surface area contributed by atoms with Gasteiger partial charge in [-0.25, -0.2) is 0 Å². The van der Waals surface area contributed by atoms with Crippen LogP contribution in [-0.4, -0.2) is 69.1 Å². The Balaban J connectivity index is 1.71. The number of aliphatic hydroxyl groups excluding tert-OH is 1. The van der Waals surface area contributed by atoms with E-state index in [0.29, 0.717) is 23.6 Å². The van der Waals surface area contributed by atoms with Gasteiger partial charge >= 0.3 is 5.97 Å². The third-order valence-corrected chi connectivity index (χ3v) is 10.1. The number of ether oxygens (including phenoxy) is 1. The third-order valence-electron chi connectivity index (χ3n) is 7.99. The van der Waals surface area contributed by atoms with Gasteiger partial charge in [-0.05, 0) is 38.3 Å². The number of anilines is 1. The largest absolute Gasteiger partial charge is 0.465 e. The van der Waals surface area contributed by atoms with Crippen molar-refractivity contribution >= 4 is 46.8 Å². The normalized spacial score (nSPS) is 34.5. The van der Waals surface area contributed by atoms with Gasteiger partial charge in [0, 0.05) is 11.3 Å². The van der Waals surface area contributed by atoms with Crippen LogP contribution in [0.1, 0.15) is 32.3 Å². The summed E-state index contributed by atoms with van der Waals surface area (Å²) >= 11 is 8.07. The van der Waals surface area contributed by atoms with Gasteiger partial charge in [0.15, 0.2) is 0 Å². The molecule has 6 atom stereocenters. The molecule has 9 heteroatoms. The molecular formula is C27H31ClN2O5S. The van der Waals surface area contributed by atoms with Crippen LogP contribution in [0.4, 0.5) is 5.69 Å². The fourth-order valence-corrected chi connectivity index (χ4v) is 8.86. The Bertz CT molecular complexity index is 1150. The van der Waals surface area contributed by atoms with E-state index >= 15 is 0 Å². The quantitative estimate of drug-likeness (QED) is 0.473. The van der Waals surface area contributed by atoms with Crippen LogP contribution in [0.15, 0.2) is 42.5 Å². The summed E-state index contributed by atoms with van der Waals surface area (Å²) in [5.41, 5.74) is 1.46. The first-order valence-corrected chi connectivity index (χ1v) is 13.6. The summed E-state index contributed by atoms with van der Waals surface area (Å²) in [6.45, 7) is 6.00. The van der Waals surface area contributed by atoms with Crippen LogP contribution in [0.25, 0.3) is 0 Å². The second-order valence-corrected chi connectivity index (χ2v) is 12.3. The number of carbonyl (C=O) groups excluding carboxylic acids is 3. The van der Waals surface area contributed by atoms with Crippen molar-refractivity contribution in [3.05, 3.63) is 53.1 Å². The van der Waals surface area contributed by atoms with Crippen LogP contribution >= 0.6 is 23.4 Å². The van der Waals surface area contributed by atoms with Crippen molar-refractivity contribution in [3.8, 4) is 0 Å². The van der Waals surface area contributed by atoms with E-state index in [2.05, 4.69) is 0 Å². The molecule has 0 aliphatic carbocycles. The molecule has 0 aromatic heterocycles. The third kappa shape index (κ3) is 3.56. The lowest BCUT2D eigenvalue weighted by atomic mass is 9.74. The van der Waals surface area contributed by atoms with Crippen molar-refractivity contribution in [1.82, 2.24) is 4.90 Å². The second kappa shape index (κ2) is 9.23. The van der Waals surface area contributed by atoms with Gasteiger partial charge in [0.1, 0.15) is 6.04 Å². The molecule has 1 N–H and O–H groups in total. The van der Waals surface area contributed by atoms with Crippen LogP contribution in [0, 0.1) is 18.8 Å². The molecule has 4 aliphatic heterocycles. The molecule has 192 valence electrons. The van der Waals surface area contributed by atoms with Gasteiger partial charge in [0.05, 0.1) is 46.5 Å². The summed E-state index contributed by atoms with van der Waals surface area (Å²) < 4.78 is 3.85. The number of aryl methyl sites for hydroxylation is 1. The average Bonchev–Trinajstić information content (AvgIpc) is 3.15. The van der Waals surface area contributed by atoms with E-state index in [1.165, 1.54) is 11.8 Å². The lowest BCUT2D eigenvalue weighted by molar-refractivity contribution is -0.154. The first-order valence-electron chi connectivity index (χ1n) is 12.4. The van der Waals surface area contributed by atoms with Crippen LogP contribution in [-0.2, 0) is 19.1 Å². The van der Waals surface area contributed by atoms with E-state index in [0.717, 1.165) is 5.56 Å². The molecule has 4 aliphatic rings. The zero-order valence-corrected chi connectivity index (χ0v) is 22.2. The molecule has 0 radical (unpaired) electrons. The molecule has 2 saturated heterocycles.